The van der Waals surface area contributed by atoms with Crippen molar-refractivity contribution in [3.05, 3.63) is 64.4 Å². The molecule has 4 heteroatoms. The smallest absolute Gasteiger partial charge is 0.146 e. The first-order valence-corrected chi connectivity index (χ1v) is 6.43. The van der Waals surface area contributed by atoms with Gasteiger partial charge >= 0.3 is 0 Å². The summed E-state index contributed by atoms with van der Waals surface area (Å²) in [5.41, 5.74) is 7.27. The van der Waals surface area contributed by atoms with E-state index in [2.05, 4.69) is 0 Å². The fourth-order valence-corrected chi connectivity index (χ4v) is 2.06. The molecule has 0 spiro atoms. The first kappa shape index (κ1) is 13.8. The van der Waals surface area contributed by atoms with Crippen molar-refractivity contribution in [3.8, 4) is 5.75 Å². The van der Waals surface area contributed by atoms with Gasteiger partial charge in [0.1, 0.15) is 11.6 Å². The van der Waals surface area contributed by atoms with Crippen LogP contribution in [-0.2, 0) is 0 Å². The summed E-state index contributed by atoms with van der Waals surface area (Å²) in [6.45, 7) is 2.52. The molecule has 0 aliphatic heterocycles. The van der Waals surface area contributed by atoms with Crippen LogP contribution in [0.5, 0.6) is 5.75 Å². The van der Waals surface area contributed by atoms with Crippen molar-refractivity contribution in [2.75, 3.05) is 6.61 Å². The number of ether oxygens (including phenoxy) is 1. The third-order valence-corrected chi connectivity index (χ3v) is 3.16. The van der Waals surface area contributed by atoms with Crippen LogP contribution >= 0.6 is 11.6 Å². The van der Waals surface area contributed by atoms with Gasteiger partial charge in [-0.15, -0.1) is 0 Å². The van der Waals surface area contributed by atoms with E-state index in [1.165, 1.54) is 6.07 Å². The molecule has 0 heterocycles. The molecule has 0 amide bonds. The van der Waals surface area contributed by atoms with Gasteiger partial charge in [0.05, 0.1) is 17.7 Å². The lowest BCUT2D eigenvalue weighted by atomic mass is 9.99. The van der Waals surface area contributed by atoms with E-state index in [0.717, 1.165) is 11.3 Å². The highest BCUT2D eigenvalue weighted by Gasteiger charge is 2.15. The Kier molecular flexibility index (Phi) is 4.40. The monoisotopic (exact) mass is 279 g/mol. The third-order valence-electron chi connectivity index (χ3n) is 2.87. The normalized spacial score (nSPS) is 12.2. The zero-order valence-corrected chi connectivity index (χ0v) is 11.3. The first-order valence-electron chi connectivity index (χ1n) is 6.05. The van der Waals surface area contributed by atoms with Gasteiger partial charge in [-0.3, -0.25) is 0 Å². The van der Waals surface area contributed by atoms with Gasteiger partial charge in [-0.1, -0.05) is 35.9 Å². The number of hydrogen-bond acceptors (Lipinski definition) is 2. The van der Waals surface area contributed by atoms with Crippen LogP contribution in [0.15, 0.2) is 42.5 Å². The molecule has 2 nitrogen and oxygen atoms in total. The average molecular weight is 280 g/mol. The molecule has 2 rings (SSSR count). The Bertz CT molecular complexity index is 557. The van der Waals surface area contributed by atoms with Gasteiger partial charge < -0.3 is 10.5 Å². The number of rotatable bonds is 4. The molecular weight excluding hydrogens is 265 g/mol. The second kappa shape index (κ2) is 6.04. The summed E-state index contributed by atoms with van der Waals surface area (Å²) >= 11 is 5.76. The fourth-order valence-electron chi connectivity index (χ4n) is 1.88. The van der Waals surface area contributed by atoms with Crippen LogP contribution in [0.1, 0.15) is 24.1 Å². The molecule has 2 aromatic carbocycles. The minimum Gasteiger partial charge on any atom is -0.494 e. The van der Waals surface area contributed by atoms with E-state index >= 15 is 0 Å². The Morgan fingerprint density at radius 2 is 1.89 bits per heavy atom. The SMILES string of the molecule is CCOc1ccc(C(N)c2cccc(Cl)c2F)cc1. The molecule has 0 aromatic heterocycles. The van der Waals surface area contributed by atoms with E-state index < -0.39 is 11.9 Å². The van der Waals surface area contributed by atoms with Gasteiger partial charge in [-0.25, -0.2) is 4.39 Å². The van der Waals surface area contributed by atoms with Gasteiger partial charge in [-0.2, -0.15) is 0 Å². The van der Waals surface area contributed by atoms with Gasteiger partial charge in [-0.05, 0) is 30.7 Å². The average Bonchev–Trinajstić information content (AvgIpc) is 2.42. The molecule has 2 aromatic rings. The predicted molar refractivity (Wildman–Crippen MR) is 75.1 cm³/mol. The van der Waals surface area contributed by atoms with Crippen molar-refractivity contribution in [1.82, 2.24) is 0 Å². The highest BCUT2D eigenvalue weighted by molar-refractivity contribution is 6.30. The van der Waals surface area contributed by atoms with E-state index in [-0.39, 0.29) is 5.02 Å². The van der Waals surface area contributed by atoms with Crippen LogP contribution in [-0.4, -0.2) is 6.61 Å². The second-order valence-corrected chi connectivity index (χ2v) is 4.53. The van der Waals surface area contributed by atoms with Gasteiger partial charge in [0.15, 0.2) is 0 Å². The summed E-state index contributed by atoms with van der Waals surface area (Å²) in [5, 5.41) is 0.0823. The molecule has 0 aliphatic rings. The molecule has 0 bridgehead atoms. The van der Waals surface area contributed by atoms with Crippen molar-refractivity contribution in [2.24, 2.45) is 5.73 Å². The summed E-state index contributed by atoms with van der Waals surface area (Å²) in [5.74, 6) is 0.301. The molecule has 0 aliphatic carbocycles. The molecule has 0 fully saturated rings. The topological polar surface area (TPSA) is 35.2 Å². The Labute approximate surface area is 117 Å². The van der Waals surface area contributed by atoms with Crippen molar-refractivity contribution in [3.63, 3.8) is 0 Å². The van der Waals surface area contributed by atoms with Crippen LogP contribution in [0.25, 0.3) is 0 Å². The molecule has 19 heavy (non-hydrogen) atoms. The van der Waals surface area contributed by atoms with Crippen LogP contribution in [0, 0.1) is 5.82 Å². The molecule has 0 radical (unpaired) electrons. The number of halogens is 2. The quantitative estimate of drug-likeness (QED) is 0.920. The predicted octanol–water partition coefficient (Wildman–Crippen LogP) is 3.93. The number of hydrogen-bond donors (Lipinski definition) is 1. The van der Waals surface area contributed by atoms with Crippen molar-refractivity contribution in [2.45, 2.75) is 13.0 Å². The summed E-state index contributed by atoms with van der Waals surface area (Å²) in [6, 6.07) is 11.6. The Morgan fingerprint density at radius 3 is 2.53 bits per heavy atom. The lowest BCUT2D eigenvalue weighted by molar-refractivity contribution is 0.340. The minimum absolute atomic E-state index is 0.0823. The number of benzene rings is 2. The fraction of sp³-hybridized carbons (Fsp3) is 0.200. The summed E-state index contributed by atoms with van der Waals surface area (Å²) in [6.07, 6.45) is 0. The highest BCUT2D eigenvalue weighted by atomic mass is 35.5. The van der Waals surface area contributed by atoms with Crippen LogP contribution in [0.2, 0.25) is 5.02 Å². The zero-order chi connectivity index (χ0) is 13.8. The second-order valence-electron chi connectivity index (χ2n) is 4.12. The largest absolute Gasteiger partial charge is 0.494 e. The zero-order valence-electron chi connectivity index (χ0n) is 10.6. The maximum absolute atomic E-state index is 13.9. The van der Waals surface area contributed by atoms with Crippen molar-refractivity contribution < 1.29 is 9.13 Å². The maximum Gasteiger partial charge on any atom is 0.146 e. The molecule has 0 saturated heterocycles. The van der Waals surface area contributed by atoms with Crippen LogP contribution < -0.4 is 10.5 Å². The summed E-state index contributed by atoms with van der Waals surface area (Å²) in [4.78, 5) is 0. The van der Waals surface area contributed by atoms with Gasteiger partial charge in [0, 0.05) is 5.56 Å². The van der Waals surface area contributed by atoms with E-state index in [1.54, 1.807) is 12.1 Å². The third kappa shape index (κ3) is 3.06. The molecular formula is C15H15ClFNO. The Balaban J connectivity index is 2.28. The summed E-state index contributed by atoms with van der Waals surface area (Å²) in [7, 11) is 0. The van der Waals surface area contributed by atoms with E-state index in [4.69, 9.17) is 22.1 Å². The number of nitrogens with two attached hydrogens (primary N) is 1. The Morgan fingerprint density at radius 1 is 1.21 bits per heavy atom. The van der Waals surface area contributed by atoms with Crippen LogP contribution in [0.4, 0.5) is 4.39 Å². The summed E-state index contributed by atoms with van der Waals surface area (Å²) < 4.78 is 19.3. The van der Waals surface area contributed by atoms with Crippen molar-refractivity contribution in [1.29, 1.82) is 0 Å². The van der Waals surface area contributed by atoms with E-state index in [1.807, 2.05) is 31.2 Å². The van der Waals surface area contributed by atoms with Gasteiger partial charge in [0.2, 0.25) is 0 Å². The van der Waals surface area contributed by atoms with Gasteiger partial charge in [0.25, 0.3) is 0 Å². The molecule has 0 saturated carbocycles. The Hall–Kier alpha value is -1.58. The maximum atomic E-state index is 13.9. The molecule has 2 N–H and O–H groups in total. The first-order chi connectivity index (χ1) is 9.13. The lowest BCUT2D eigenvalue weighted by Gasteiger charge is -2.14. The molecule has 1 atom stereocenters. The van der Waals surface area contributed by atoms with Crippen LogP contribution in [0.3, 0.4) is 0 Å². The molecule has 100 valence electrons. The van der Waals surface area contributed by atoms with Crippen molar-refractivity contribution >= 4 is 11.6 Å². The molecule has 1 unspecified atom stereocenters. The standard InChI is InChI=1S/C15H15ClFNO/c1-2-19-11-8-6-10(7-9-11)15(18)12-4-3-5-13(16)14(12)17/h3-9,15H,2,18H2,1H3. The van der Waals surface area contributed by atoms with E-state index in [0.29, 0.717) is 12.2 Å². The highest BCUT2D eigenvalue weighted by Crippen LogP contribution is 2.27. The minimum atomic E-state index is -0.547. The lowest BCUT2D eigenvalue weighted by Crippen LogP contribution is -2.13. The van der Waals surface area contributed by atoms with E-state index in [9.17, 15) is 4.39 Å².